The monoisotopic (exact) mass is 247 g/mol. The number of aromatic nitrogens is 2. The summed E-state index contributed by atoms with van der Waals surface area (Å²) in [5, 5.41) is 7.28. The van der Waals surface area contributed by atoms with Crippen LogP contribution in [0, 0.1) is 5.82 Å². The van der Waals surface area contributed by atoms with Gasteiger partial charge in [0.05, 0.1) is 6.20 Å². The van der Waals surface area contributed by atoms with Gasteiger partial charge < -0.3 is 5.32 Å². The van der Waals surface area contributed by atoms with Crippen LogP contribution in [0.25, 0.3) is 0 Å². The Morgan fingerprint density at radius 2 is 2.17 bits per heavy atom. The summed E-state index contributed by atoms with van der Waals surface area (Å²) in [6.07, 6.45) is 4.60. The van der Waals surface area contributed by atoms with E-state index in [1.807, 2.05) is 38.6 Å². The average molecular weight is 247 g/mol. The second-order valence-electron chi connectivity index (χ2n) is 4.50. The highest BCUT2D eigenvalue weighted by Crippen LogP contribution is 2.22. The molecule has 1 aromatic heterocycles. The van der Waals surface area contributed by atoms with Gasteiger partial charge in [-0.15, -0.1) is 0 Å². The minimum absolute atomic E-state index is 0.125. The number of benzene rings is 1. The third-order valence-corrected chi connectivity index (χ3v) is 3.04. The fourth-order valence-electron chi connectivity index (χ4n) is 2.21. The lowest BCUT2D eigenvalue weighted by Crippen LogP contribution is -2.20. The van der Waals surface area contributed by atoms with Crippen molar-refractivity contribution in [2.24, 2.45) is 7.05 Å². The van der Waals surface area contributed by atoms with Crippen LogP contribution in [0.4, 0.5) is 4.39 Å². The Hall–Kier alpha value is -1.68. The second-order valence-corrected chi connectivity index (χ2v) is 4.50. The lowest BCUT2D eigenvalue weighted by atomic mass is 9.92. The van der Waals surface area contributed by atoms with Crippen LogP contribution < -0.4 is 5.32 Å². The highest BCUT2D eigenvalue weighted by Gasteiger charge is 2.16. The minimum atomic E-state index is -0.137. The lowest BCUT2D eigenvalue weighted by Gasteiger charge is -2.16. The predicted octanol–water partition coefficient (Wildman–Crippen LogP) is 2.10. The maximum atomic E-state index is 13.8. The Balaban J connectivity index is 2.20. The van der Waals surface area contributed by atoms with Gasteiger partial charge in [0.2, 0.25) is 0 Å². The smallest absolute Gasteiger partial charge is 0.126 e. The number of rotatable bonds is 5. The highest BCUT2D eigenvalue weighted by molar-refractivity contribution is 5.24. The molecule has 1 aromatic carbocycles. The molecule has 0 aliphatic rings. The van der Waals surface area contributed by atoms with E-state index in [2.05, 4.69) is 10.4 Å². The van der Waals surface area contributed by atoms with E-state index in [4.69, 9.17) is 0 Å². The van der Waals surface area contributed by atoms with Gasteiger partial charge in [0.1, 0.15) is 5.82 Å². The summed E-state index contributed by atoms with van der Waals surface area (Å²) in [5.74, 6) is -0.0120. The number of likely N-dealkylation sites (N-methyl/N-ethyl adjacent to an activating group) is 1. The molecule has 1 unspecified atom stereocenters. The summed E-state index contributed by atoms with van der Waals surface area (Å²) in [5.41, 5.74) is 1.89. The molecule has 0 saturated heterocycles. The molecular formula is C14H18FN3. The average Bonchev–Trinajstić information content (AvgIpc) is 2.75. The third kappa shape index (κ3) is 2.96. The standard InChI is InChI=1S/C14H18FN3/c1-16-9-12(7-11-8-17-18(2)10-11)13-5-3-4-6-14(13)15/h3-6,8,10,12,16H,7,9H2,1-2H3. The molecule has 0 aliphatic carbocycles. The van der Waals surface area contributed by atoms with Gasteiger partial charge in [0.25, 0.3) is 0 Å². The van der Waals surface area contributed by atoms with Crippen LogP contribution in [0.3, 0.4) is 0 Å². The van der Waals surface area contributed by atoms with Crippen molar-refractivity contribution >= 4 is 0 Å². The number of hydrogen-bond donors (Lipinski definition) is 1. The van der Waals surface area contributed by atoms with E-state index < -0.39 is 0 Å². The van der Waals surface area contributed by atoms with Crippen LogP contribution in [0.2, 0.25) is 0 Å². The molecular weight excluding hydrogens is 229 g/mol. The fourth-order valence-corrected chi connectivity index (χ4v) is 2.21. The Morgan fingerprint density at radius 3 is 2.78 bits per heavy atom. The van der Waals surface area contributed by atoms with Crippen LogP contribution in [0.1, 0.15) is 17.0 Å². The van der Waals surface area contributed by atoms with Crippen molar-refractivity contribution in [3.63, 3.8) is 0 Å². The van der Waals surface area contributed by atoms with E-state index in [1.54, 1.807) is 10.7 Å². The summed E-state index contributed by atoms with van der Waals surface area (Å²) >= 11 is 0. The summed E-state index contributed by atoms with van der Waals surface area (Å²) in [7, 11) is 3.77. The van der Waals surface area contributed by atoms with E-state index >= 15 is 0 Å². The molecule has 1 heterocycles. The Morgan fingerprint density at radius 1 is 1.39 bits per heavy atom. The van der Waals surface area contributed by atoms with Gasteiger partial charge in [-0.25, -0.2) is 4.39 Å². The molecule has 1 atom stereocenters. The number of aryl methyl sites for hydroxylation is 1. The van der Waals surface area contributed by atoms with Crippen molar-refractivity contribution in [1.29, 1.82) is 0 Å². The highest BCUT2D eigenvalue weighted by atomic mass is 19.1. The Kier molecular flexibility index (Phi) is 4.10. The van der Waals surface area contributed by atoms with Crippen LogP contribution >= 0.6 is 0 Å². The topological polar surface area (TPSA) is 29.9 Å². The first-order chi connectivity index (χ1) is 8.70. The quantitative estimate of drug-likeness (QED) is 0.877. The molecule has 0 bridgehead atoms. The molecule has 96 valence electrons. The zero-order valence-corrected chi connectivity index (χ0v) is 10.7. The summed E-state index contributed by atoms with van der Waals surface area (Å²) in [4.78, 5) is 0. The van der Waals surface area contributed by atoms with Crippen molar-refractivity contribution in [3.05, 3.63) is 53.6 Å². The molecule has 0 spiro atoms. The fraction of sp³-hybridized carbons (Fsp3) is 0.357. The van der Waals surface area contributed by atoms with E-state index in [1.165, 1.54) is 6.07 Å². The molecule has 2 rings (SSSR count). The van der Waals surface area contributed by atoms with Gasteiger partial charge in [-0.05, 0) is 30.7 Å². The molecule has 2 aromatic rings. The molecule has 1 N–H and O–H groups in total. The van der Waals surface area contributed by atoms with Crippen LogP contribution in [-0.2, 0) is 13.5 Å². The summed E-state index contributed by atoms with van der Waals surface area (Å²) in [6, 6.07) is 6.97. The zero-order valence-electron chi connectivity index (χ0n) is 10.7. The van der Waals surface area contributed by atoms with Gasteiger partial charge in [0.15, 0.2) is 0 Å². The predicted molar refractivity (Wildman–Crippen MR) is 70.0 cm³/mol. The first-order valence-electron chi connectivity index (χ1n) is 6.07. The molecule has 3 nitrogen and oxygen atoms in total. The molecule has 0 amide bonds. The third-order valence-electron chi connectivity index (χ3n) is 3.04. The van der Waals surface area contributed by atoms with Crippen LogP contribution in [0.5, 0.6) is 0 Å². The first kappa shape index (κ1) is 12.8. The second kappa shape index (κ2) is 5.78. The molecule has 0 radical (unpaired) electrons. The van der Waals surface area contributed by atoms with Gasteiger partial charge in [-0.3, -0.25) is 4.68 Å². The van der Waals surface area contributed by atoms with E-state index in [9.17, 15) is 4.39 Å². The van der Waals surface area contributed by atoms with E-state index in [0.717, 1.165) is 24.1 Å². The van der Waals surface area contributed by atoms with Crippen molar-refractivity contribution in [3.8, 4) is 0 Å². The first-order valence-corrected chi connectivity index (χ1v) is 6.07. The van der Waals surface area contributed by atoms with Gasteiger partial charge >= 0.3 is 0 Å². The molecule has 18 heavy (non-hydrogen) atoms. The molecule has 0 aliphatic heterocycles. The van der Waals surface area contributed by atoms with Gasteiger partial charge in [-0.2, -0.15) is 5.10 Å². The van der Waals surface area contributed by atoms with E-state index in [0.29, 0.717) is 0 Å². The van der Waals surface area contributed by atoms with E-state index in [-0.39, 0.29) is 11.7 Å². The largest absolute Gasteiger partial charge is 0.319 e. The Bertz CT molecular complexity index is 507. The van der Waals surface area contributed by atoms with Crippen molar-refractivity contribution in [1.82, 2.24) is 15.1 Å². The van der Waals surface area contributed by atoms with Crippen LogP contribution in [0.15, 0.2) is 36.7 Å². The maximum absolute atomic E-state index is 13.8. The number of nitrogens with zero attached hydrogens (tertiary/aromatic N) is 2. The summed E-state index contributed by atoms with van der Waals surface area (Å²) in [6.45, 7) is 0.746. The van der Waals surface area contributed by atoms with Crippen LogP contribution in [-0.4, -0.2) is 23.4 Å². The maximum Gasteiger partial charge on any atom is 0.126 e. The normalized spacial score (nSPS) is 12.6. The van der Waals surface area contributed by atoms with Crippen molar-refractivity contribution in [2.75, 3.05) is 13.6 Å². The SMILES string of the molecule is CNCC(Cc1cnn(C)c1)c1ccccc1F. The zero-order chi connectivity index (χ0) is 13.0. The number of halogens is 1. The lowest BCUT2D eigenvalue weighted by molar-refractivity contribution is 0.556. The minimum Gasteiger partial charge on any atom is -0.319 e. The van der Waals surface area contributed by atoms with Crippen molar-refractivity contribution in [2.45, 2.75) is 12.3 Å². The number of hydrogen-bond acceptors (Lipinski definition) is 2. The molecule has 4 heteroatoms. The van der Waals surface area contributed by atoms with Gasteiger partial charge in [-0.1, -0.05) is 18.2 Å². The number of nitrogens with one attached hydrogen (secondary N) is 1. The molecule has 0 fully saturated rings. The molecule has 0 saturated carbocycles. The van der Waals surface area contributed by atoms with Crippen molar-refractivity contribution < 1.29 is 4.39 Å². The Labute approximate surface area is 107 Å². The summed E-state index contributed by atoms with van der Waals surface area (Å²) < 4.78 is 15.6. The van der Waals surface area contributed by atoms with Gasteiger partial charge in [0, 0.05) is 25.7 Å².